The van der Waals surface area contributed by atoms with Gasteiger partial charge in [0.1, 0.15) is 0 Å². The van der Waals surface area contributed by atoms with Crippen LogP contribution in [0.5, 0.6) is 0 Å². The Morgan fingerprint density at radius 3 is 2.55 bits per heavy atom. The van der Waals surface area contributed by atoms with E-state index in [4.69, 9.17) is 0 Å². The van der Waals surface area contributed by atoms with Gasteiger partial charge in [-0.15, -0.1) is 0 Å². The van der Waals surface area contributed by atoms with Gasteiger partial charge in [0.2, 0.25) is 5.91 Å². The molecule has 31 heavy (non-hydrogen) atoms. The summed E-state index contributed by atoms with van der Waals surface area (Å²) in [5.74, 6) is 0.853. The Hall–Kier alpha value is -3.17. The molecule has 0 radical (unpaired) electrons. The molecule has 2 aromatic carbocycles. The number of nitriles is 1. The second-order valence-corrected chi connectivity index (χ2v) is 8.62. The van der Waals surface area contributed by atoms with Crippen LogP contribution in [0.15, 0.2) is 53.0 Å². The third-order valence-electron chi connectivity index (χ3n) is 5.51. The maximum atomic E-state index is 12.4. The largest absolute Gasteiger partial charge is 0.364 e. The molecule has 3 aromatic rings. The zero-order valence-corrected chi connectivity index (χ0v) is 19.1. The first-order chi connectivity index (χ1) is 15.0. The van der Waals surface area contributed by atoms with Gasteiger partial charge in [-0.2, -0.15) is 5.26 Å². The van der Waals surface area contributed by atoms with Gasteiger partial charge >= 0.3 is 0 Å². The summed E-state index contributed by atoms with van der Waals surface area (Å²) in [4.78, 5) is 17.0. The van der Waals surface area contributed by atoms with Crippen LogP contribution in [0.3, 0.4) is 0 Å². The topological polar surface area (TPSA) is 77.8 Å². The van der Waals surface area contributed by atoms with Gasteiger partial charge in [0.15, 0.2) is 5.82 Å². The number of rotatable bonds is 6. The van der Waals surface area contributed by atoms with Crippen molar-refractivity contribution in [1.82, 2.24) is 4.98 Å². The molecule has 156 valence electrons. The number of aryl methyl sites for hydroxylation is 1. The van der Waals surface area contributed by atoms with E-state index < -0.39 is 0 Å². The zero-order chi connectivity index (χ0) is 22.0. The Morgan fingerprint density at radius 1 is 1.16 bits per heavy atom. The van der Waals surface area contributed by atoms with Crippen LogP contribution in [0.4, 0.5) is 11.5 Å². The number of anilines is 2. The highest BCUT2D eigenvalue weighted by molar-refractivity contribution is 9.10. The fourth-order valence-corrected chi connectivity index (χ4v) is 3.79. The van der Waals surface area contributed by atoms with Crippen molar-refractivity contribution < 1.29 is 4.79 Å². The number of nitrogens with one attached hydrogen (secondary N) is 2. The standard InChI is InChI=1S/C25H23BrN4O/c1-15-22(26)16(2)29-24(23(15)30-25(31)19-11-12-19)28-14-17-7-9-18(10-8-17)21-6-4-3-5-20(21)13-27/h3-10,19H,11-12,14H2,1-2H3,(H,28,29)(H,30,31). The van der Waals surface area contributed by atoms with E-state index in [9.17, 15) is 10.1 Å². The smallest absolute Gasteiger partial charge is 0.227 e. The van der Waals surface area contributed by atoms with E-state index in [1.807, 2.05) is 62.4 Å². The van der Waals surface area contributed by atoms with Crippen LogP contribution in [0.25, 0.3) is 11.1 Å². The van der Waals surface area contributed by atoms with Crippen molar-refractivity contribution in [2.75, 3.05) is 10.6 Å². The molecular weight excluding hydrogens is 452 g/mol. The Labute approximate surface area is 190 Å². The molecule has 1 fully saturated rings. The van der Waals surface area contributed by atoms with E-state index in [1.165, 1.54) is 0 Å². The number of hydrogen-bond acceptors (Lipinski definition) is 4. The summed E-state index contributed by atoms with van der Waals surface area (Å²) in [5, 5.41) is 15.8. The first kappa shape index (κ1) is 21.1. The van der Waals surface area contributed by atoms with E-state index >= 15 is 0 Å². The fraction of sp³-hybridized carbons (Fsp3) is 0.240. The minimum Gasteiger partial charge on any atom is -0.364 e. The maximum Gasteiger partial charge on any atom is 0.227 e. The summed E-state index contributed by atoms with van der Waals surface area (Å²) in [6, 6.07) is 18.0. The quantitative estimate of drug-likeness (QED) is 0.461. The van der Waals surface area contributed by atoms with Gasteiger partial charge in [-0.25, -0.2) is 4.98 Å². The molecular formula is C25H23BrN4O. The van der Waals surface area contributed by atoms with Gasteiger partial charge in [0.25, 0.3) is 0 Å². The summed E-state index contributed by atoms with van der Waals surface area (Å²) >= 11 is 3.58. The van der Waals surface area contributed by atoms with Crippen molar-refractivity contribution in [1.29, 1.82) is 5.26 Å². The highest BCUT2D eigenvalue weighted by Gasteiger charge is 2.30. The molecule has 0 bridgehead atoms. The minimum absolute atomic E-state index is 0.0595. The third kappa shape index (κ3) is 4.62. The Bertz CT molecular complexity index is 1180. The second-order valence-electron chi connectivity index (χ2n) is 7.83. The van der Waals surface area contributed by atoms with Crippen LogP contribution >= 0.6 is 15.9 Å². The summed E-state index contributed by atoms with van der Waals surface area (Å²) in [5.41, 5.74) is 6.24. The lowest BCUT2D eigenvalue weighted by Gasteiger charge is -2.17. The molecule has 6 heteroatoms. The first-order valence-corrected chi connectivity index (χ1v) is 11.1. The van der Waals surface area contributed by atoms with Crippen molar-refractivity contribution in [3.63, 3.8) is 0 Å². The summed E-state index contributed by atoms with van der Waals surface area (Å²) in [6.45, 7) is 4.49. The number of aromatic nitrogens is 1. The van der Waals surface area contributed by atoms with Crippen LogP contribution in [-0.4, -0.2) is 10.9 Å². The van der Waals surface area contributed by atoms with Crippen LogP contribution in [-0.2, 0) is 11.3 Å². The molecule has 0 spiro atoms. The van der Waals surface area contributed by atoms with Crippen molar-refractivity contribution in [3.05, 3.63) is 75.4 Å². The number of nitrogens with zero attached hydrogens (tertiary/aromatic N) is 2. The lowest BCUT2D eigenvalue weighted by atomic mass is 9.99. The predicted molar refractivity (Wildman–Crippen MR) is 127 cm³/mol. The monoisotopic (exact) mass is 474 g/mol. The number of amides is 1. The van der Waals surface area contributed by atoms with Crippen LogP contribution in [0, 0.1) is 31.1 Å². The Balaban J connectivity index is 1.53. The molecule has 0 unspecified atom stereocenters. The molecule has 1 aliphatic carbocycles. The lowest BCUT2D eigenvalue weighted by Crippen LogP contribution is -2.17. The van der Waals surface area contributed by atoms with E-state index in [1.54, 1.807) is 0 Å². The van der Waals surface area contributed by atoms with Crippen LogP contribution in [0.1, 0.15) is 35.2 Å². The van der Waals surface area contributed by atoms with Gasteiger partial charge in [-0.1, -0.05) is 42.5 Å². The van der Waals surface area contributed by atoms with Gasteiger partial charge in [0, 0.05) is 16.9 Å². The molecule has 1 amide bonds. The number of pyridine rings is 1. The van der Waals surface area contributed by atoms with E-state index in [0.29, 0.717) is 17.9 Å². The third-order valence-corrected chi connectivity index (χ3v) is 6.68. The zero-order valence-electron chi connectivity index (χ0n) is 17.5. The number of benzene rings is 2. The number of halogens is 1. The van der Waals surface area contributed by atoms with Crippen LogP contribution in [0.2, 0.25) is 0 Å². The average Bonchev–Trinajstić information content (AvgIpc) is 3.64. The SMILES string of the molecule is Cc1nc(NCc2ccc(-c3ccccc3C#N)cc2)c(NC(=O)C2CC2)c(C)c1Br. The highest BCUT2D eigenvalue weighted by atomic mass is 79.9. The summed E-state index contributed by atoms with van der Waals surface area (Å²) in [6.07, 6.45) is 1.91. The molecule has 2 N–H and O–H groups in total. The highest BCUT2D eigenvalue weighted by Crippen LogP contribution is 2.35. The van der Waals surface area contributed by atoms with E-state index in [0.717, 1.165) is 50.9 Å². The summed E-state index contributed by atoms with van der Waals surface area (Å²) in [7, 11) is 0. The van der Waals surface area contributed by atoms with Crippen molar-refractivity contribution in [3.8, 4) is 17.2 Å². The number of carbonyl (C=O) groups is 1. The lowest BCUT2D eigenvalue weighted by molar-refractivity contribution is -0.117. The fourth-order valence-electron chi connectivity index (χ4n) is 3.50. The Kier molecular flexibility index (Phi) is 6.06. The van der Waals surface area contributed by atoms with Gasteiger partial charge in [0.05, 0.1) is 23.0 Å². The Morgan fingerprint density at radius 2 is 1.87 bits per heavy atom. The van der Waals surface area contributed by atoms with Gasteiger partial charge in [-0.3, -0.25) is 4.79 Å². The van der Waals surface area contributed by atoms with E-state index in [2.05, 4.69) is 37.6 Å². The second kappa shape index (κ2) is 8.91. The average molecular weight is 475 g/mol. The van der Waals surface area contributed by atoms with Crippen molar-refractivity contribution in [2.45, 2.75) is 33.2 Å². The molecule has 0 aliphatic heterocycles. The van der Waals surface area contributed by atoms with Gasteiger partial charge in [-0.05, 0) is 70.9 Å². The van der Waals surface area contributed by atoms with Crippen molar-refractivity contribution >= 4 is 33.3 Å². The normalized spacial score (nSPS) is 12.8. The summed E-state index contributed by atoms with van der Waals surface area (Å²) < 4.78 is 0.907. The number of carbonyl (C=O) groups excluding carboxylic acids is 1. The van der Waals surface area contributed by atoms with E-state index in [-0.39, 0.29) is 11.8 Å². The van der Waals surface area contributed by atoms with Gasteiger partial charge < -0.3 is 10.6 Å². The molecule has 0 saturated heterocycles. The van der Waals surface area contributed by atoms with Crippen LogP contribution < -0.4 is 10.6 Å². The maximum absolute atomic E-state index is 12.4. The molecule has 5 nitrogen and oxygen atoms in total. The predicted octanol–water partition coefficient (Wildman–Crippen LogP) is 5.96. The minimum atomic E-state index is 0.0595. The van der Waals surface area contributed by atoms with Crippen molar-refractivity contribution in [2.24, 2.45) is 5.92 Å². The molecule has 4 rings (SSSR count). The molecule has 1 saturated carbocycles. The molecule has 1 aliphatic rings. The molecule has 1 aromatic heterocycles. The first-order valence-electron chi connectivity index (χ1n) is 10.3. The number of hydrogen-bond donors (Lipinski definition) is 2. The molecule has 0 atom stereocenters. The molecule has 1 heterocycles.